The van der Waals surface area contributed by atoms with Crippen molar-refractivity contribution < 1.29 is 9.84 Å². The average Bonchev–Trinajstić information content (AvgIpc) is 2.89. The molecule has 1 aromatic heterocycles. The van der Waals surface area contributed by atoms with Crippen LogP contribution in [0, 0.1) is 0 Å². The van der Waals surface area contributed by atoms with E-state index in [0.717, 1.165) is 27.7 Å². The normalized spacial score (nSPS) is 11.7. The van der Waals surface area contributed by atoms with Gasteiger partial charge in [-0.05, 0) is 18.1 Å². The van der Waals surface area contributed by atoms with Crippen molar-refractivity contribution in [1.82, 2.24) is 4.98 Å². The Balaban J connectivity index is 2.15. The molecule has 0 fully saturated rings. The Morgan fingerprint density at radius 2 is 1.95 bits per heavy atom. The van der Waals surface area contributed by atoms with Gasteiger partial charge in [-0.3, -0.25) is 0 Å². The number of thiazole rings is 1. The molecule has 0 bridgehead atoms. The lowest BCUT2D eigenvalue weighted by atomic mass is 9.91. The van der Waals surface area contributed by atoms with Gasteiger partial charge in [0.2, 0.25) is 0 Å². The van der Waals surface area contributed by atoms with Gasteiger partial charge < -0.3 is 9.84 Å². The number of aliphatic hydroxyl groups is 1. The summed E-state index contributed by atoms with van der Waals surface area (Å²) in [6.45, 7) is 8.93. The first-order valence-corrected chi connectivity index (χ1v) is 8.08. The van der Waals surface area contributed by atoms with E-state index in [1.165, 1.54) is 16.9 Å². The van der Waals surface area contributed by atoms with Crippen molar-refractivity contribution in [2.75, 3.05) is 0 Å². The highest BCUT2D eigenvalue weighted by atomic mass is 32.1. The van der Waals surface area contributed by atoms with Crippen molar-refractivity contribution in [2.24, 2.45) is 0 Å². The SMILES string of the molecule is CCc1ccccc1OCc1nc(C(C)(C)C)c(CO)s1. The molecule has 0 atom stereocenters. The van der Waals surface area contributed by atoms with Crippen molar-refractivity contribution in [3.8, 4) is 5.75 Å². The number of rotatable bonds is 5. The highest BCUT2D eigenvalue weighted by molar-refractivity contribution is 7.11. The van der Waals surface area contributed by atoms with Crippen LogP contribution in [0.4, 0.5) is 0 Å². The lowest BCUT2D eigenvalue weighted by molar-refractivity contribution is 0.282. The Kier molecular flexibility index (Phi) is 5.01. The quantitative estimate of drug-likeness (QED) is 0.905. The fourth-order valence-corrected chi connectivity index (χ4v) is 3.28. The zero-order chi connectivity index (χ0) is 15.5. The van der Waals surface area contributed by atoms with Crippen LogP contribution in [0.25, 0.3) is 0 Å². The van der Waals surface area contributed by atoms with Gasteiger partial charge in [0.1, 0.15) is 17.4 Å². The molecule has 0 aliphatic carbocycles. The molecular formula is C17H23NO2S. The molecule has 2 rings (SSSR count). The summed E-state index contributed by atoms with van der Waals surface area (Å²) in [5, 5.41) is 10.4. The van der Waals surface area contributed by atoms with Crippen molar-refractivity contribution in [3.63, 3.8) is 0 Å². The molecule has 0 aliphatic rings. The molecule has 21 heavy (non-hydrogen) atoms. The van der Waals surface area contributed by atoms with Gasteiger partial charge >= 0.3 is 0 Å². The molecule has 0 aliphatic heterocycles. The minimum atomic E-state index is -0.0614. The second-order valence-corrected chi connectivity index (χ2v) is 7.21. The minimum Gasteiger partial charge on any atom is -0.486 e. The summed E-state index contributed by atoms with van der Waals surface area (Å²) in [5.74, 6) is 0.915. The molecule has 0 saturated heterocycles. The van der Waals surface area contributed by atoms with Crippen molar-refractivity contribution in [1.29, 1.82) is 0 Å². The topological polar surface area (TPSA) is 42.4 Å². The third kappa shape index (κ3) is 3.83. The summed E-state index contributed by atoms with van der Waals surface area (Å²) in [5.41, 5.74) is 2.11. The first-order valence-electron chi connectivity index (χ1n) is 7.26. The van der Waals surface area contributed by atoms with Crippen LogP contribution in [-0.2, 0) is 25.0 Å². The summed E-state index contributed by atoms with van der Waals surface area (Å²) >= 11 is 1.53. The summed E-state index contributed by atoms with van der Waals surface area (Å²) in [6, 6.07) is 8.08. The van der Waals surface area contributed by atoms with Crippen LogP contribution in [-0.4, -0.2) is 10.1 Å². The number of aliphatic hydroxyl groups excluding tert-OH is 1. The standard InChI is InChI=1S/C17H23NO2S/c1-5-12-8-6-7-9-13(12)20-11-15-18-16(17(2,3)4)14(10-19)21-15/h6-9,19H,5,10-11H2,1-4H3. The van der Waals surface area contributed by atoms with Gasteiger partial charge in [-0.2, -0.15) is 0 Å². The highest BCUT2D eigenvalue weighted by Gasteiger charge is 2.22. The molecular weight excluding hydrogens is 282 g/mol. The average molecular weight is 305 g/mol. The second kappa shape index (κ2) is 6.58. The fourth-order valence-electron chi connectivity index (χ4n) is 2.23. The zero-order valence-electron chi connectivity index (χ0n) is 13.1. The van der Waals surface area contributed by atoms with E-state index in [0.29, 0.717) is 6.61 Å². The molecule has 0 spiro atoms. The monoisotopic (exact) mass is 305 g/mol. The number of benzene rings is 1. The van der Waals surface area contributed by atoms with Gasteiger partial charge in [-0.1, -0.05) is 45.9 Å². The Labute approximate surface area is 130 Å². The van der Waals surface area contributed by atoms with Gasteiger partial charge in [-0.25, -0.2) is 4.98 Å². The van der Waals surface area contributed by atoms with Gasteiger partial charge in [-0.15, -0.1) is 11.3 Å². The third-order valence-corrected chi connectivity index (χ3v) is 4.31. The van der Waals surface area contributed by atoms with Crippen molar-refractivity contribution in [3.05, 3.63) is 45.4 Å². The third-order valence-electron chi connectivity index (χ3n) is 3.30. The lowest BCUT2D eigenvalue weighted by Crippen LogP contribution is -2.14. The van der Waals surface area contributed by atoms with Crippen molar-refractivity contribution in [2.45, 2.75) is 52.7 Å². The Morgan fingerprint density at radius 3 is 2.52 bits per heavy atom. The van der Waals surface area contributed by atoms with Crippen LogP contribution in [0.1, 0.15) is 48.8 Å². The van der Waals surface area contributed by atoms with Crippen LogP contribution >= 0.6 is 11.3 Å². The molecule has 0 unspecified atom stereocenters. The Bertz CT molecular complexity index is 599. The van der Waals surface area contributed by atoms with Gasteiger partial charge in [0.15, 0.2) is 0 Å². The van der Waals surface area contributed by atoms with E-state index >= 15 is 0 Å². The second-order valence-electron chi connectivity index (χ2n) is 6.04. The molecule has 3 nitrogen and oxygen atoms in total. The predicted octanol–water partition coefficient (Wildman–Crippen LogP) is 4.07. The maximum Gasteiger partial charge on any atom is 0.140 e. The van der Waals surface area contributed by atoms with Crippen LogP contribution in [0.15, 0.2) is 24.3 Å². The summed E-state index contributed by atoms with van der Waals surface area (Å²) in [7, 11) is 0. The van der Waals surface area contributed by atoms with Crippen molar-refractivity contribution >= 4 is 11.3 Å². The minimum absolute atomic E-state index is 0.0375. The number of ether oxygens (including phenoxy) is 1. The molecule has 1 heterocycles. The van der Waals surface area contributed by atoms with Crippen LogP contribution in [0.5, 0.6) is 5.75 Å². The fraction of sp³-hybridized carbons (Fsp3) is 0.471. The highest BCUT2D eigenvalue weighted by Crippen LogP contribution is 2.30. The zero-order valence-corrected chi connectivity index (χ0v) is 14.0. The number of hydrogen-bond donors (Lipinski definition) is 1. The number of para-hydroxylation sites is 1. The maximum absolute atomic E-state index is 9.49. The number of nitrogens with zero attached hydrogens (tertiary/aromatic N) is 1. The largest absolute Gasteiger partial charge is 0.486 e. The van der Waals surface area contributed by atoms with E-state index in [4.69, 9.17) is 4.74 Å². The molecule has 0 amide bonds. The molecule has 114 valence electrons. The molecule has 0 saturated carbocycles. The van der Waals surface area contributed by atoms with E-state index in [1.54, 1.807) is 0 Å². The number of aromatic nitrogens is 1. The summed E-state index contributed by atoms with van der Waals surface area (Å²) < 4.78 is 5.91. The first kappa shape index (κ1) is 16.0. The van der Waals surface area contributed by atoms with E-state index in [-0.39, 0.29) is 12.0 Å². The van der Waals surface area contributed by atoms with Crippen LogP contribution < -0.4 is 4.74 Å². The smallest absolute Gasteiger partial charge is 0.140 e. The lowest BCUT2D eigenvalue weighted by Gasteiger charge is -2.16. The van der Waals surface area contributed by atoms with Gasteiger partial charge in [0, 0.05) is 5.41 Å². The molecule has 4 heteroatoms. The molecule has 1 N–H and O–H groups in total. The predicted molar refractivity (Wildman–Crippen MR) is 86.9 cm³/mol. The summed E-state index contributed by atoms with van der Waals surface area (Å²) in [4.78, 5) is 5.59. The molecule has 2 aromatic rings. The first-order chi connectivity index (χ1) is 9.95. The van der Waals surface area contributed by atoms with Crippen LogP contribution in [0.2, 0.25) is 0 Å². The Hall–Kier alpha value is -1.39. The van der Waals surface area contributed by atoms with Gasteiger partial charge in [0.25, 0.3) is 0 Å². The van der Waals surface area contributed by atoms with E-state index in [2.05, 4.69) is 38.7 Å². The van der Waals surface area contributed by atoms with E-state index in [1.807, 2.05) is 18.2 Å². The number of hydrogen-bond acceptors (Lipinski definition) is 4. The van der Waals surface area contributed by atoms with E-state index in [9.17, 15) is 5.11 Å². The summed E-state index contributed by atoms with van der Waals surface area (Å²) in [6.07, 6.45) is 0.948. The Morgan fingerprint density at radius 1 is 1.24 bits per heavy atom. The molecule has 0 radical (unpaired) electrons. The van der Waals surface area contributed by atoms with E-state index < -0.39 is 0 Å². The number of aryl methyl sites for hydroxylation is 1. The van der Waals surface area contributed by atoms with Crippen LogP contribution in [0.3, 0.4) is 0 Å². The molecule has 1 aromatic carbocycles. The van der Waals surface area contributed by atoms with Gasteiger partial charge in [0.05, 0.1) is 17.2 Å². The maximum atomic E-state index is 9.49.